The Bertz CT molecular complexity index is 1010. The van der Waals surface area contributed by atoms with Crippen molar-refractivity contribution in [2.75, 3.05) is 35.0 Å². The summed E-state index contributed by atoms with van der Waals surface area (Å²) in [6.07, 6.45) is 1.63. The normalized spacial score (nSPS) is 15.0. The number of rotatable bonds is 7. The minimum atomic E-state index is -0.345. The van der Waals surface area contributed by atoms with Crippen LogP contribution in [-0.2, 0) is 16.1 Å². The van der Waals surface area contributed by atoms with Gasteiger partial charge < -0.3 is 29.2 Å². The van der Waals surface area contributed by atoms with Gasteiger partial charge in [-0.25, -0.2) is 0 Å². The topological polar surface area (TPSA) is 86.3 Å². The van der Waals surface area contributed by atoms with Gasteiger partial charge in [-0.15, -0.1) is 0 Å². The molecule has 3 rings (SSSR count). The van der Waals surface area contributed by atoms with Gasteiger partial charge in [-0.2, -0.15) is 0 Å². The monoisotopic (exact) mass is 426 g/mol. The van der Waals surface area contributed by atoms with E-state index in [4.69, 9.17) is 18.9 Å². The van der Waals surface area contributed by atoms with E-state index in [1.165, 1.54) is 19.1 Å². The van der Waals surface area contributed by atoms with Gasteiger partial charge in [0.2, 0.25) is 5.91 Å². The van der Waals surface area contributed by atoms with Gasteiger partial charge in [0.25, 0.3) is 5.91 Å². The Balaban J connectivity index is 2.07. The highest BCUT2D eigenvalue weighted by molar-refractivity contribution is 6.06. The van der Waals surface area contributed by atoms with E-state index in [9.17, 15) is 9.59 Å². The molecular formula is C23H26N2O6. The summed E-state index contributed by atoms with van der Waals surface area (Å²) < 4.78 is 21.6. The van der Waals surface area contributed by atoms with Crippen molar-refractivity contribution in [1.29, 1.82) is 0 Å². The number of hydrogen-bond donors (Lipinski definition) is 1. The number of benzene rings is 2. The molecule has 1 aliphatic heterocycles. The molecule has 0 radical (unpaired) electrons. The average molecular weight is 426 g/mol. The summed E-state index contributed by atoms with van der Waals surface area (Å²) in [4.78, 5) is 26.9. The molecule has 0 bridgehead atoms. The SMILES string of the molecule is COc1ccc(CN2C(=O)CNC(=O)/C2=C/c2cc(OC)c(OC)c(C)c2OC)cc1. The second-order valence-electron chi connectivity index (χ2n) is 6.90. The lowest BCUT2D eigenvalue weighted by molar-refractivity contribution is -0.136. The number of amides is 2. The Morgan fingerprint density at radius 2 is 1.65 bits per heavy atom. The third-order valence-electron chi connectivity index (χ3n) is 5.10. The highest BCUT2D eigenvalue weighted by Gasteiger charge is 2.30. The van der Waals surface area contributed by atoms with E-state index in [0.29, 0.717) is 28.6 Å². The fourth-order valence-corrected chi connectivity index (χ4v) is 3.54. The molecule has 0 unspecified atom stereocenters. The molecule has 31 heavy (non-hydrogen) atoms. The van der Waals surface area contributed by atoms with Crippen LogP contribution in [-0.4, -0.2) is 51.7 Å². The van der Waals surface area contributed by atoms with Crippen LogP contribution in [0.2, 0.25) is 0 Å². The number of carbonyl (C=O) groups is 2. The van der Waals surface area contributed by atoms with Crippen molar-refractivity contribution < 1.29 is 28.5 Å². The molecule has 0 spiro atoms. The third kappa shape index (κ3) is 4.42. The molecule has 164 valence electrons. The summed E-state index contributed by atoms with van der Waals surface area (Å²) in [5, 5.41) is 2.62. The molecule has 1 heterocycles. The van der Waals surface area contributed by atoms with Gasteiger partial charge in [0.15, 0.2) is 11.5 Å². The molecule has 2 amide bonds. The first-order chi connectivity index (χ1) is 14.9. The Hall–Kier alpha value is -3.68. The van der Waals surface area contributed by atoms with Gasteiger partial charge in [-0.05, 0) is 36.8 Å². The Kier molecular flexibility index (Phi) is 6.69. The molecule has 0 aliphatic carbocycles. The Morgan fingerprint density at radius 3 is 2.23 bits per heavy atom. The van der Waals surface area contributed by atoms with E-state index in [-0.39, 0.29) is 30.6 Å². The lowest BCUT2D eigenvalue weighted by atomic mass is 10.0. The standard InChI is InChI=1S/C23H26N2O6/c1-14-21(30-4)16(11-19(29-3)22(14)31-5)10-18-23(27)24-12-20(26)25(18)13-15-6-8-17(28-2)9-7-15/h6-11H,12-13H2,1-5H3,(H,24,27)/b18-10-. The zero-order valence-corrected chi connectivity index (χ0v) is 18.3. The molecule has 2 aromatic carbocycles. The first-order valence-electron chi connectivity index (χ1n) is 9.66. The van der Waals surface area contributed by atoms with Crippen LogP contribution in [0.1, 0.15) is 16.7 Å². The smallest absolute Gasteiger partial charge is 0.268 e. The molecule has 0 saturated carbocycles. The van der Waals surface area contributed by atoms with Crippen molar-refractivity contribution in [3.05, 3.63) is 52.7 Å². The van der Waals surface area contributed by atoms with Gasteiger partial charge in [0.1, 0.15) is 17.2 Å². The maximum Gasteiger partial charge on any atom is 0.268 e. The summed E-state index contributed by atoms with van der Waals surface area (Å²) in [7, 11) is 6.21. The molecule has 0 aromatic heterocycles. The highest BCUT2D eigenvalue weighted by Crippen LogP contribution is 2.40. The van der Waals surface area contributed by atoms with Crippen LogP contribution in [0.3, 0.4) is 0 Å². The van der Waals surface area contributed by atoms with Crippen molar-refractivity contribution >= 4 is 17.9 Å². The largest absolute Gasteiger partial charge is 0.497 e. The predicted molar refractivity (Wildman–Crippen MR) is 115 cm³/mol. The maximum atomic E-state index is 12.7. The van der Waals surface area contributed by atoms with Gasteiger partial charge >= 0.3 is 0 Å². The molecular weight excluding hydrogens is 400 g/mol. The van der Waals surface area contributed by atoms with Crippen molar-refractivity contribution in [2.24, 2.45) is 0 Å². The van der Waals surface area contributed by atoms with E-state index in [1.807, 2.05) is 31.2 Å². The average Bonchev–Trinajstić information content (AvgIpc) is 2.78. The summed E-state index contributed by atoms with van der Waals surface area (Å²) in [5.41, 5.74) is 2.40. The van der Waals surface area contributed by atoms with Crippen LogP contribution < -0.4 is 24.3 Å². The lowest BCUT2D eigenvalue weighted by Gasteiger charge is -2.29. The van der Waals surface area contributed by atoms with Crippen LogP contribution in [0, 0.1) is 6.92 Å². The molecule has 1 aliphatic rings. The number of nitrogens with zero attached hydrogens (tertiary/aromatic N) is 1. The fraction of sp³-hybridized carbons (Fsp3) is 0.304. The van der Waals surface area contributed by atoms with E-state index in [0.717, 1.165) is 11.1 Å². The summed E-state index contributed by atoms with van der Waals surface area (Å²) >= 11 is 0. The number of hydrogen-bond acceptors (Lipinski definition) is 6. The van der Waals surface area contributed by atoms with Crippen LogP contribution in [0.4, 0.5) is 0 Å². The summed E-state index contributed by atoms with van der Waals surface area (Å²) in [6.45, 7) is 2.02. The van der Waals surface area contributed by atoms with E-state index < -0.39 is 0 Å². The number of piperazine rings is 1. The van der Waals surface area contributed by atoms with Crippen molar-refractivity contribution in [3.8, 4) is 23.0 Å². The van der Waals surface area contributed by atoms with Gasteiger partial charge in [-0.3, -0.25) is 9.59 Å². The number of methoxy groups -OCH3 is 4. The molecule has 0 atom stereocenters. The molecule has 1 saturated heterocycles. The zero-order valence-electron chi connectivity index (χ0n) is 18.3. The third-order valence-corrected chi connectivity index (χ3v) is 5.10. The molecule has 8 nitrogen and oxygen atoms in total. The van der Waals surface area contributed by atoms with Crippen LogP contribution in [0.15, 0.2) is 36.0 Å². The second kappa shape index (κ2) is 9.42. The minimum absolute atomic E-state index is 0.0611. The van der Waals surface area contributed by atoms with E-state index >= 15 is 0 Å². The molecule has 2 aromatic rings. The van der Waals surface area contributed by atoms with Gasteiger partial charge in [0.05, 0.1) is 41.5 Å². The fourth-order valence-electron chi connectivity index (χ4n) is 3.54. The van der Waals surface area contributed by atoms with Crippen LogP contribution in [0.25, 0.3) is 6.08 Å². The van der Waals surface area contributed by atoms with Crippen molar-refractivity contribution in [3.63, 3.8) is 0 Å². The van der Waals surface area contributed by atoms with Crippen LogP contribution >= 0.6 is 0 Å². The van der Waals surface area contributed by atoms with Crippen molar-refractivity contribution in [1.82, 2.24) is 10.2 Å². The molecule has 8 heteroatoms. The quantitative estimate of drug-likeness (QED) is 0.685. The summed E-state index contributed by atoms with van der Waals surface area (Å²) in [6, 6.07) is 9.06. The van der Waals surface area contributed by atoms with Gasteiger partial charge in [-0.1, -0.05) is 12.1 Å². The second-order valence-corrected chi connectivity index (χ2v) is 6.90. The number of carbonyl (C=O) groups excluding carboxylic acids is 2. The Morgan fingerprint density at radius 1 is 0.968 bits per heavy atom. The molecule has 1 N–H and O–H groups in total. The predicted octanol–water partition coefficient (Wildman–Crippen LogP) is 2.53. The Labute approximate surface area is 181 Å². The number of nitrogens with one attached hydrogen (secondary N) is 1. The van der Waals surface area contributed by atoms with Gasteiger partial charge in [0, 0.05) is 11.1 Å². The van der Waals surface area contributed by atoms with Crippen LogP contribution in [0.5, 0.6) is 23.0 Å². The van der Waals surface area contributed by atoms with Crippen molar-refractivity contribution in [2.45, 2.75) is 13.5 Å². The first-order valence-corrected chi connectivity index (χ1v) is 9.66. The minimum Gasteiger partial charge on any atom is -0.497 e. The van der Waals surface area contributed by atoms with E-state index in [1.54, 1.807) is 26.4 Å². The maximum absolute atomic E-state index is 12.7. The first kappa shape index (κ1) is 22.0. The zero-order chi connectivity index (χ0) is 22.5. The lowest BCUT2D eigenvalue weighted by Crippen LogP contribution is -2.49. The van der Waals surface area contributed by atoms with E-state index in [2.05, 4.69) is 5.32 Å². The molecule has 1 fully saturated rings. The summed E-state index contributed by atoms with van der Waals surface area (Å²) in [5.74, 6) is 1.73. The number of ether oxygens (including phenoxy) is 4. The highest BCUT2D eigenvalue weighted by atomic mass is 16.5.